The van der Waals surface area contributed by atoms with Crippen LogP contribution >= 0.6 is 0 Å². The Morgan fingerprint density at radius 2 is 1.75 bits per heavy atom. The molecule has 0 fully saturated rings. The third-order valence-electron chi connectivity index (χ3n) is 3.46. The van der Waals surface area contributed by atoms with E-state index < -0.39 is 0 Å². The minimum Gasteiger partial charge on any atom is -0.493 e. The lowest BCUT2D eigenvalue weighted by atomic mass is 10.2. The van der Waals surface area contributed by atoms with Crippen LogP contribution in [0.15, 0.2) is 48.5 Å². The molecule has 2 aromatic rings. The van der Waals surface area contributed by atoms with Crippen LogP contribution in [-0.4, -0.2) is 26.2 Å². The molecular formula is C19H24N2O3. The molecule has 5 heteroatoms. The molecule has 0 saturated heterocycles. The first kappa shape index (κ1) is 17.8. The van der Waals surface area contributed by atoms with Gasteiger partial charge in [0.1, 0.15) is 0 Å². The van der Waals surface area contributed by atoms with Crippen molar-refractivity contribution in [1.82, 2.24) is 10.6 Å². The lowest BCUT2D eigenvalue weighted by molar-refractivity contribution is -0.123. The van der Waals surface area contributed by atoms with Gasteiger partial charge >= 0.3 is 0 Å². The Balaban J connectivity index is 1.89. The zero-order chi connectivity index (χ0) is 17.2. The second-order valence-electron chi connectivity index (χ2n) is 5.32. The average Bonchev–Trinajstić information content (AvgIpc) is 2.61. The van der Waals surface area contributed by atoms with Crippen LogP contribution in [0.5, 0.6) is 11.5 Å². The van der Waals surface area contributed by atoms with Crippen molar-refractivity contribution in [3.63, 3.8) is 0 Å². The molecule has 0 radical (unpaired) electrons. The third kappa shape index (κ3) is 5.59. The van der Waals surface area contributed by atoms with Crippen molar-refractivity contribution in [2.24, 2.45) is 0 Å². The number of benzene rings is 2. The van der Waals surface area contributed by atoms with Gasteiger partial charge in [0.25, 0.3) is 5.91 Å². The molecular weight excluding hydrogens is 304 g/mol. The van der Waals surface area contributed by atoms with Crippen molar-refractivity contribution >= 4 is 5.91 Å². The van der Waals surface area contributed by atoms with Crippen molar-refractivity contribution in [3.05, 3.63) is 59.7 Å². The van der Waals surface area contributed by atoms with Crippen molar-refractivity contribution in [1.29, 1.82) is 0 Å². The third-order valence-corrected chi connectivity index (χ3v) is 3.46. The quantitative estimate of drug-likeness (QED) is 0.742. The maximum absolute atomic E-state index is 11.5. The lowest BCUT2D eigenvalue weighted by Gasteiger charge is -2.12. The van der Waals surface area contributed by atoms with Crippen LogP contribution in [0.25, 0.3) is 0 Å². The maximum atomic E-state index is 11.5. The van der Waals surface area contributed by atoms with Gasteiger partial charge in [-0.3, -0.25) is 4.79 Å². The predicted octanol–water partition coefficient (Wildman–Crippen LogP) is 2.50. The smallest absolute Gasteiger partial charge is 0.257 e. The molecule has 24 heavy (non-hydrogen) atoms. The van der Waals surface area contributed by atoms with E-state index in [1.165, 1.54) is 5.56 Å². The number of carbonyl (C=O) groups is 1. The summed E-state index contributed by atoms with van der Waals surface area (Å²) in [7, 11) is 1.59. The monoisotopic (exact) mass is 328 g/mol. The van der Waals surface area contributed by atoms with Crippen LogP contribution < -0.4 is 20.1 Å². The Kier molecular flexibility index (Phi) is 7.11. The summed E-state index contributed by atoms with van der Waals surface area (Å²) < 4.78 is 10.9. The van der Waals surface area contributed by atoms with E-state index in [2.05, 4.69) is 22.8 Å². The van der Waals surface area contributed by atoms with Gasteiger partial charge in [0, 0.05) is 19.6 Å². The van der Waals surface area contributed by atoms with E-state index in [4.69, 9.17) is 9.47 Å². The van der Waals surface area contributed by atoms with E-state index in [1.807, 2.05) is 43.3 Å². The second-order valence-corrected chi connectivity index (χ2v) is 5.32. The standard InChI is InChI=1S/C19H24N2O3/c1-3-21-19(22)14-24-17-10-9-16(11-18(17)23-2)13-20-12-15-7-5-4-6-8-15/h4-11,20H,3,12-14H2,1-2H3,(H,21,22). The molecule has 0 bridgehead atoms. The molecule has 0 aromatic heterocycles. The number of hydrogen-bond acceptors (Lipinski definition) is 4. The molecule has 0 aliphatic carbocycles. The fourth-order valence-corrected chi connectivity index (χ4v) is 2.28. The Hall–Kier alpha value is -2.53. The molecule has 2 N–H and O–H groups in total. The predicted molar refractivity (Wildman–Crippen MR) is 94.2 cm³/mol. The summed E-state index contributed by atoms with van der Waals surface area (Å²) in [4.78, 5) is 11.5. The van der Waals surface area contributed by atoms with Gasteiger partial charge < -0.3 is 20.1 Å². The zero-order valence-corrected chi connectivity index (χ0v) is 14.2. The number of amides is 1. The molecule has 0 saturated carbocycles. The number of likely N-dealkylation sites (N-methyl/N-ethyl adjacent to an activating group) is 1. The molecule has 0 unspecified atom stereocenters. The minimum absolute atomic E-state index is 0.0181. The summed E-state index contributed by atoms with van der Waals surface area (Å²) in [6.07, 6.45) is 0. The Morgan fingerprint density at radius 3 is 2.46 bits per heavy atom. The molecule has 0 aliphatic rings. The van der Waals surface area contributed by atoms with Gasteiger partial charge in [-0.25, -0.2) is 0 Å². The molecule has 0 spiro atoms. The van der Waals surface area contributed by atoms with Gasteiger partial charge in [-0.2, -0.15) is 0 Å². The van der Waals surface area contributed by atoms with Crippen molar-refractivity contribution in [2.45, 2.75) is 20.0 Å². The van der Waals surface area contributed by atoms with Gasteiger partial charge in [0.2, 0.25) is 0 Å². The molecule has 0 aliphatic heterocycles. The molecule has 1 amide bonds. The Bertz CT molecular complexity index is 644. The molecule has 2 aromatic carbocycles. The maximum Gasteiger partial charge on any atom is 0.257 e. The number of carbonyl (C=O) groups excluding carboxylic acids is 1. The van der Waals surface area contributed by atoms with E-state index in [-0.39, 0.29) is 12.5 Å². The fraction of sp³-hybridized carbons (Fsp3) is 0.316. The van der Waals surface area contributed by atoms with Gasteiger partial charge in [-0.1, -0.05) is 36.4 Å². The SMILES string of the molecule is CCNC(=O)COc1ccc(CNCc2ccccc2)cc1OC. The van der Waals surface area contributed by atoms with E-state index in [1.54, 1.807) is 7.11 Å². The lowest BCUT2D eigenvalue weighted by Crippen LogP contribution is -2.28. The Morgan fingerprint density at radius 1 is 1.00 bits per heavy atom. The number of methoxy groups -OCH3 is 1. The number of ether oxygens (including phenoxy) is 2. The van der Waals surface area contributed by atoms with Gasteiger partial charge in [-0.15, -0.1) is 0 Å². The van der Waals surface area contributed by atoms with E-state index in [9.17, 15) is 4.79 Å². The number of rotatable bonds is 9. The highest BCUT2D eigenvalue weighted by Gasteiger charge is 2.08. The van der Waals surface area contributed by atoms with E-state index in [0.717, 1.165) is 18.7 Å². The Labute approximate surface area is 143 Å². The summed E-state index contributed by atoms with van der Waals surface area (Å²) in [5.41, 5.74) is 2.33. The largest absolute Gasteiger partial charge is 0.493 e. The van der Waals surface area contributed by atoms with Crippen LogP contribution in [-0.2, 0) is 17.9 Å². The number of hydrogen-bond donors (Lipinski definition) is 2. The van der Waals surface area contributed by atoms with Crippen molar-refractivity contribution in [3.8, 4) is 11.5 Å². The van der Waals surface area contributed by atoms with Crippen LogP contribution in [0.2, 0.25) is 0 Å². The highest BCUT2D eigenvalue weighted by Crippen LogP contribution is 2.28. The topological polar surface area (TPSA) is 59.6 Å². The normalized spacial score (nSPS) is 10.2. The summed E-state index contributed by atoms with van der Waals surface area (Å²) in [5, 5.41) is 6.09. The van der Waals surface area contributed by atoms with Gasteiger partial charge in [0.05, 0.1) is 7.11 Å². The van der Waals surface area contributed by atoms with Crippen molar-refractivity contribution < 1.29 is 14.3 Å². The summed E-state index contributed by atoms with van der Waals surface area (Å²) in [6, 6.07) is 16.0. The highest BCUT2D eigenvalue weighted by molar-refractivity contribution is 5.77. The first-order valence-corrected chi connectivity index (χ1v) is 8.04. The van der Waals surface area contributed by atoms with Crippen LogP contribution in [0, 0.1) is 0 Å². The molecule has 0 heterocycles. The molecule has 128 valence electrons. The van der Waals surface area contributed by atoms with Crippen molar-refractivity contribution in [2.75, 3.05) is 20.3 Å². The summed E-state index contributed by atoms with van der Waals surface area (Å²) in [6.45, 7) is 3.97. The van der Waals surface area contributed by atoms with Crippen LogP contribution in [0.1, 0.15) is 18.1 Å². The first-order valence-electron chi connectivity index (χ1n) is 8.04. The van der Waals surface area contributed by atoms with Gasteiger partial charge in [0.15, 0.2) is 18.1 Å². The number of nitrogens with one attached hydrogen (secondary N) is 2. The van der Waals surface area contributed by atoms with Crippen LogP contribution in [0.3, 0.4) is 0 Å². The second kappa shape index (κ2) is 9.57. The highest BCUT2D eigenvalue weighted by atomic mass is 16.5. The minimum atomic E-state index is -0.145. The average molecular weight is 328 g/mol. The molecule has 0 atom stereocenters. The zero-order valence-electron chi connectivity index (χ0n) is 14.2. The summed E-state index contributed by atoms with van der Waals surface area (Å²) in [5.74, 6) is 1.04. The van der Waals surface area contributed by atoms with Crippen LogP contribution in [0.4, 0.5) is 0 Å². The van der Waals surface area contributed by atoms with E-state index in [0.29, 0.717) is 18.0 Å². The fourth-order valence-electron chi connectivity index (χ4n) is 2.28. The molecule has 2 rings (SSSR count). The first-order chi connectivity index (χ1) is 11.7. The molecule has 5 nitrogen and oxygen atoms in total. The van der Waals surface area contributed by atoms with Gasteiger partial charge in [-0.05, 0) is 30.2 Å². The summed E-state index contributed by atoms with van der Waals surface area (Å²) >= 11 is 0. The van der Waals surface area contributed by atoms with E-state index >= 15 is 0 Å².